The molecule has 2 rings (SSSR count). The molecule has 0 aromatic heterocycles. The zero-order chi connectivity index (χ0) is 13.3. The van der Waals surface area contributed by atoms with Crippen molar-refractivity contribution in [2.24, 2.45) is 0 Å². The first-order valence-electron chi connectivity index (χ1n) is 5.38. The zero-order valence-electron chi connectivity index (χ0n) is 9.70. The van der Waals surface area contributed by atoms with E-state index in [0.29, 0.717) is 12.8 Å². The number of methoxy groups -OCH3 is 1. The van der Waals surface area contributed by atoms with Crippen molar-refractivity contribution in [1.82, 2.24) is 5.32 Å². The average molecular weight is 253 g/mol. The third-order valence-corrected chi connectivity index (χ3v) is 2.94. The summed E-state index contributed by atoms with van der Waals surface area (Å²) in [5.41, 5.74) is -1.45. The van der Waals surface area contributed by atoms with Crippen LogP contribution < -0.4 is 10.1 Å². The smallest absolute Gasteiger partial charge is 0.329 e. The number of rotatable bonds is 4. The van der Waals surface area contributed by atoms with Crippen LogP contribution in [-0.2, 0) is 4.79 Å². The van der Waals surface area contributed by atoms with Gasteiger partial charge in [0, 0.05) is 0 Å². The fourth-order valence-electron chi connectivity index (χ4n) is 1.65. The number of carbonyl (C=O) groups is 2. The van der Waals surface area contributed by atoms with Gasteiger partial charge in [0.15, 0.2) is 11.6 Å². The minimum absolute atomic E-state index is 0.0529. The molecule has 2 N–H and O–H groups in total. The standard InChI is InChI=1S/C12H12FNO4/c1-18-8-4-2-3-7(9(8)13)10(15)14-12(5-6-12)11(16)17/h2-4H,5-6H2,1H3,(H,14,15)(H,16,17). The van der Waals surface area contributed by atoms with Crippen LogP contribution in [0.1, 0.15) is 23.2 Å². The molecule has 0 unspecified atom stereocenters. The molecule has 1 aliphatic rings. The lowest BCUT2D eigenvalue weighted by Gasteiger charge is -2.13. The molecule has 1 aliphatic carbocycles. The molecule has 96 valence electrons. The van der Waals surface area contributed by atoms with E-state index in [0.717, 1.165) is 0 Å². The fraction of sp³-hybridized carbons (Fsp3) is 0.333. The Balaban J connectivity index is 2.22. The maximum Gasteiger partial charge on any atom is 0.329 e. The number of hydrogen-bond donors (Lipinski definition) is 2. The summed E-state index contributed by atoms with van der Waals surface area (Å²) in [6.45, 7) is 0. The van der Waals surface area contributed by atoms with Gasteiger partial charge in [0.1, 0.15) is 5.54 Å². The van der Waals surface area contributed by atoms with Crippen LogP contribution in [0.3, 0.4) is 0 Å². The van der Waals surface area contributed by atoms with E-state index in [1.165, 1.54) is 25.3 Å². The lowest BCUT2D eigenvalue weighted by atomic mass is 10.1. The minimum atomic E-state index is -1.23. The second-order valence-electron chi connectivity index (χ2n) is 4.16. The van der Waals surface area contributed by atoms with Crippen LogP contribution >= 0.6 is 0 Å². The van der Waals surface area contributed by atoms with Crippen LogP contribution in [0.5, 0.6) is 5.75 Å². The second kappa shape index (κ2) is 4.29. The Morgan fingerprint density at radius 2 is 2.11 bits per heavy atom. The van der Waals surface area contributed by atoms with Gasteiger partial charge in [0.2, 0.25) is 0 Å². The van der Waals surface area contributed by atoms with Crippen molar-refractivity contribution in [2.75, 3.05) is 7.11 Å². The largest absolute Gasteiger partial charge is 0.494 e. The summed E-state index contributed by atoms with van der Waals surface area (Å²) >= 11 is 0. The maximum absolute atomic E-state index is 13.8. The quantitative estimate of drug-likeness (QED) is 0.844. The van der Waals surface area contributed by atoms with Crippen molar-refractivity contribution in [3.63, 3.8) is 0 Å². The van der Waals surface area contributed by atoms with Gasteiger partial charge in [0.25, 0.3) is 5.91 Å². The number of benzene rings is 1. The van der Waals surface area contributed by atoms with Gasteiger partial charge in [-0.1, -0.05) is 6.07 Å². The van der Waals surface area contributed by atoms with Crippen molar-refractivity contribution in [3.8, 4) is 5.75 Å². The maximum atomic E-state index is 13.8. The molecule has 0 heterocycles. The molecular formula is C12H12FNO4. The molecule has 6 heteroatoms. The Morgan fingerprint density at radius 3 is 2.61 bits per heavy atom. The molecular weight excluding hydrogens is 241 g/mol. The molecule has 1 aromatic carbocycles. The predicted molar refractivity (Wildman–Crippen MR) is 60.0 cm³/mol. The molecule has 1 aromatic rings. The fourth-order valence-corrected chi connectivity index (χ4v) is 1.65. The summed E-state index contributed by atoms with van der Waals surface area (Å²) in [4.78, 5) is 22.7. The van der Waals surface area contributed by atoms with E-state index in [4.69, 9.17) is 9.84 Å². The highest BCUT2D eigenvalue weighted by molar-refractivity contribution is 5.99. The van der Waals surface area contributed by atoms with Crippen molar-refractivity contribution in [1.29, 1.82) is 0 Å². The third-order valence-electron chi connectivity index (χ3n) is 2.94. The molecule has 0 spiro atoms. The number of amides is 1. The van der Waals surface area contributed by atoms with E-state index in [9.17, 15) is 14.0 Å². The van der Waals surface area contributed by atoms with Crippen LogP contribution in [-0.4, -0.2) is 29.6 Å². The lowest BCUT2D eigenvalue weighted by Crippen LogP contribution is -2.43. The first-order chi connectivity index (χ1) is 8.50. The Hall–Kier alpha value is -2.11. The van der Waals surface area contributed by atoms with Crippen LogP contribution in [0.15, 0.2) is 18.2 Å². The van der Waals surface area contributed by atoms with E-state index >= 15 is 0 Å². The van der Waals surface area contributed by atoms with Gasteiger partial charge in [0.05, 0.1) is 12.7 Å². The minimum Gasteiger partial charge on any atom is -0.494 e. The molecule has 0 atom stereocenters. The highest BCUT2D eigenvalue weighted by atomic mass is 19.1. The number of hydrogen-bond acceptors (Lipinski definition) is 3. The van der Waals surface area contributed by atoms with Gasteiger partial charge in [-0.15, -0.1) is 0 Å². The number of carboxylic acids is 1. The van der Waals surface area contributed by atoms with Crippen molar-refractivity contribution in [3.05, 3.63) is 29.6 Å². The second-order valence-corrected chi connectivity index (χ2v) is 4.16. The lowest BCUT2D eigenvalue weighted by molar-refractivity contribution is -0.140. The number of aliphatic carboxylic acids is 1. The summed E-state index contributed by atoms with van der Waals surface area (Å²) in [5.74, 6) is -2.69. The van der Waals surface area contributed by atoms with Gasteiger partial charge in [-0.2, -0.15) is 0 Å². The molecule has 1 fully saturated rings. The topological polar surface area (TPSA) is 75.6 Å². The number of carboxylic acid groups (broad SMARTS) is 1. The molecule has 0 saturated heterocycles. The number of halogens is 1. The van der Waals surface area contributed by atoms with Crippen molar-refractivity contribution in [2.45, 2.75) is 18.4 Å². The molecule has 0 bridgehead atoms. The van der Waals surface area contributed by atoms with Crippen LogP contribution in [0.4, 0.5) is 4.39 Å². The van der Waals surface area contributed by atoms with E-state index in [1.807, 2.05) is 0 Å². The molecule has 1 saturated carbocycles. The normalized spacial score (nSPS) is 15.9. The summed E-state index contributed by atoms with van der Waals surface area (Å²) in [5, 5.41) is 11.3. The molecule has 0 radical (unpaired) electrons. The average Bonchev–Trinajstić information content (AvgIpc) is 3.10. The number of ether oxygens (including phenoxy) is 1. The van der Waals surface area contributed by atoms with Gasteiger partial charge in [-0.05, 0) is 25.0 Å². The Bertz CT molecular complexity index is 511. The Labute approximate surface area is 103 Å². The van der Waals surface area contributed by atoms with E-state index in [-0.39, 0.29) is 11.3 Å². The highest BCUT2D eigenvalue weighted by Gasteiger charge is 2.51. The monoisotopic (exact) mass is 253 g/mol. The van der Waals surface area contributed by atoms with Crippen molar-refractivity contribution < 1.29 is 23.8 Å². The number of nitrogens with one attached hydrogen (secondary N) is 1. The summed E-state index contributed by atoms with van der Waals surface area (Å²) in [6, 6.07) is 4.14. The van der Waals surface area contributed by atoms with E-state index < -0.39 is 23.2 Å². The first kappa shape index (κ1) is 12.3. The summed E-state index contributed by atoms with van der Waals surface area (Å²) < 4.78 is 18.5. The summed E-state index contributed by atoms with van der Waals surface area (Å²) in [6.07, 6.45) is 0.722. The van der Waals surface area contributed by atoms with Crippen LogP contribution in [0.2, 0.25) is 0 Å². The van der Waals surface area contributed by atoms with E-state index in [2.05, 4.69) is 5.32 Å². The van der Waals surface area contributed by atoms with Gasteiger partial charge in [-0.3, -0.25) is 4.79 Å². The summed E-state index contributed by atoms with van der Waals surface area (Å²) in [7, 11) is 1.29. The third kappa shape index (κ3) is 2.01. The molecule has 1 amide bonds. The van der Waals surface area contributed by atoms with Crippen LogP contribution in [0, 0.1) is 5.82 Å². The SMILES string of the molecule is COc1cccc(C(=O)NC2(C(=O)O)CC2)c1F. The molecule has 5 nitrogen and oxygen atoms in total. The van der Waals surface area contributed by atoms with Gasteiger partial charge in [-0.25, -0.2) is 9.18 Å². The first-order valence-corrected chi connectivity index (χ1v) is 5.38. The van der Waals surface area contributed by atoms with Gasteiger partial charge >= 0.3 is 5.97 Å². The Morgan fingerprint density at radius 1 is 1.44 bits per heavy atom. The zero-order valence-corrected chi connectivity index (χ0v) is 9.70. The number of carbonyl (C=O) groups excluding carboxylic acids is 1. The predicted octanol–water partition coefficient (Wildman–Crippen LogP) is 1.18. The van der Waals surface area contributed by atoms with Gasteiger partial charge < -0.3 is 15.2 Å². The van der Waals surface area contributed by atoms with E-state index in [1.54, 1.807) is 0 Å². The molecule has 18 heavy (non-hydrogen) atoms. The molecule has 0 aliphatic heterocycles. The van der Waals surface area contributed by atoms with Crippen molar-refractivity contribution >= 4 is 11.9 Å². The highest BCUT2D eigenvalue weighted by Crippen LogP contribution is 2.36. The van der Waals surface area contributed by atoms with Crippen LogP contribution in [0.25, 0.3) is 0 Å². The Kier molecular flexibility index (Phi) is 2.94.